The van der Waals surface area contributed by atoms with Crippen LogP contribution in [0.25, 0.3) is 54.6 Å². The van der Waals surface area contributed by atoms with Gasteiger partial charge < -0.3 is 0 Å². The predicted molar refractivity (Wildman–Crippen MR) is 164 cm³/mol. The van der Waals surface area contributed by atoms with Crippen molar-refractivity contribution in [2.75, 3.05) is 0 Å². The van der Waals surface area contributed by atoms with Crippen LogP contribution in [0, 0.1) is 0 Å². The fourth-order valence-corrected chi connectivity index (χ4v) is 9.04. The molecule has 0 amide bonds. The summed E-state index contributed by atoms with van der Waals surface area (Å²) in [6.07, 6.45) is 4.47. The maximum atomic E-state index is 2.44. The predicted octanol–water partition coefficient (Wildman–Crippen LogP) is 10.8. The molecule has 0 aromatic heterocycles. The Balaban J connectivity index is 1.69. The minimum Gasteiger partial charge on any atom is -0.0642 e. The Morgan fingerprint density at radius 3 is 1.21 bits per heavy atom. The molecule has 0 radical (unpaired) electrons. The summed E-state index contributed by atoms with van der Waals surface area (Å²) in [7, 11) is 0. The van der Waals surface area contributed by atoms with E-state index in [-0.39, 0.29) is 10.8 Å². The summed E-state index contributed by atoms with van der Waals surface area (Å²) in [6, 6.07) is 32.9. The number of fused-ring (bicyclic) bond motifs is 10. The Bertz CT molecular complexity index is 1780. The molecule has 0 saturated carbocycles. The molecule has 0 saturated heterocycles. The van der Waals surface area contributed by atoms with Gasteiger partial charge in [-0.15, -0.1) is 0 Å². The first kappa shape index (κ1) is 22.4. The van der Waals surface area contributed by atoms with E-state index in [2.05, 4.69) is 113 Å². The van der Waals surface area contributed by atoms with Crippen LogP contribution in [0.3, 0.4) is 0 Å². The fraction of sp³-hybridized carbons (Fsp3) is 0.263. The Labute approximate surface area is 225 Å². The Hall–Kier alpha value is -3.64. The van der Waals surface area contributed by atoms with Crippen LogP contribution >= 0.6 is 0 Å². The van der Waals surface area contributed by atoms with E-state index < -0.39 is 0 Å². The molecule has 6 aromatic carbocycles. The summed E-state index contributed by atoms with van der Waals surface area (Å²) in [5.41, 5.74) is 12.1. The average molecular weight is 491 g/mol. The lowest BCUT2D eigenvalue weighted by molar-refractivity contribution is 0.493. The molecule has 0 heteroatoms. The van der Waals surface area contributed by atoms with Crippen LogP contribution in [-0.2, 0) is 10.8 Å². The van der Waals surface area contributed by atoms with Crippen LogP contribution in [0.15, 0.2) is 84.9 Å². The van der Waals surface area contributed by atoms with E-state index >= 15 is 0 Å². The van der Waals surface area contributed by atoms with Crippen LogP contribution in [0.4, 0.5) is 0 Å². The molecule has 0 unspecified atom stereocenters. The van der Waals surface area contributed by atoms with Gasteiger partial charge in [0.2, 0.25) is 0 Å². The van der Waals surface area contributed by atoms with E-state index in [1.807, 2.05) is 0 Å². The summed E-state index contributed by atoms with van der Waals surface area (Å²) in [4.78, 5) is 0. The first-order valence-electron chi connectivity index (χ1n) is 14.6. The number of benzene rings is 6. The normalized spacial score (nSPS) is 16.2. The van der Waals surface area contributed by atoms with Gasteiger partial charge in [0, 0.05) is 10.8 Å². The monoisotopic (exact) mass is 490 g/mol. The zero-order chi connectivity index (χ0) is 25.8. The minimum absolute atomic E-state index is 0.0502. The van der Waals surface area contributed by atoms with E-state index in [0.29, 0.717) is 0 Å². The van der Waals surface area contributed by atoms with Gasteiger partial charge in [-0.05, 0) is 103 Å². The SMILES string of the molecule is CCC1(CC)c2ccccc2-c2c1c1cccc3c4c(c5cccc2c5c13)-c1ccccc1C4(CC)CC. The number of rotatable bonds is 4. The molecule has 38 heavy (non-hydrogen) atoms. The molecule has 8 rings (SSSR count). The third-order valence-corrected chi connectivity index (χ3v) is 10.8. The molecule has 0 bridgehead atoms. The van der Waals surface area contributed by atoms with Crippen molar-refractivity contribution in [3.63, 3.8) is 0 Å². The zero-order valence-corrected chi connectivity index (χ0v) is 22.9. The summed E-state index contributed by atoms with van der Waals surface area (Å²) in [5.74, 6) is 0. The van der Waals surface area contributed by atoms with Crippen molar-refractivity contribution < 1.29 is 0 Å². The molecule has 0 spiro atoms. The second-order valence-electron chi connectivity index (χ2n) is 11.6. The van der Waals surface area contributed by atoms with Crippen LogP contribution in [-0.4, -0.2) is 0 Å². The van der Waals surface area contributed by atoms with Gasteiger partial charge >= 0.3 is 0 Å². The van der Waals surface area contributed by atoms with Crippen molar-refractivity contribution in [1.82, 2.24) is 0 Å². The lowest BCUT2D eigenvalue weighted by atomic mass is 9.69. The molecule has 0 fully saturated rings. The van der Waals surface area contributed by atoms with Crippen molar-refractivity contribution in [1.29, 1.82) is 0 Å². The van der Waals surface area contributed by atoms with Crippen molar-refractivity contribution in [3.05, 3.63) is 107 Å². The van der Waals surface area contributed by atoms with Gasteiger partial charge in [-0.1, -0.05) is 113 Å². The lowest BCUT2D eigenvalue weighted by Crippen LogP contribution is -2.24. The average Bonchev–Trinajstić information content (AvgIpc) is 3.45. The number of hydrogen-bond donors (Lipinski definition) is 0. The quantitative estimate of drug-likeness (QED) is 0.216. The standard InChI is InChI=1S/C38H34/c1-5-37(6-2)29-21-11-9-15-23(29)33-25-17-13-18-26-31(25)32-27(35(33)37)19-14-20-28(32)36-34(26)24-16-10-12-22-30(24)38(36,7-3)8-4/h9-22H,5-8H2,1-4H3. The zero-order valence-electron chi connectivity index (χ0n) is 22.9. The van der Waals surface area contributed by atoms with E-state index in [4.69, 9.17) is 0 Å². The van der Waals surface area contributed by atoms with Gasteiger partial charge in [0.15, 0.2) is 0 Å². The van der Waals surface area contributed by atoms with Gasteiger partial charge in [0.1, 0.15) is 0 Å². The highest BCUT2D eigenvalue weighted by atomic mass is 14.5. The second-order valence-corrected chi connectivity index (χ2v) is 11.6. The molecule has 0 heterocycles. The van der Waals surface area contributed by atoms with Gasteiger partial charge in [-0.2, -0.15) is 0 Å². The first-order chi connectivity index (χ1) is 18.7. The second kappa shape index (κ2) is 7.48. The van der Waals surface area contributed by atoms with Crippen LogP contribution in [0.1, 0.15) is 75.6 Å². The van der Waals surface area contributed by atoms with Gasteiger partial charge in [-0.3, -0.25) is 0 Å². The highest BCUT2D eigenvalue weighted by Crippen LogP contribution is 2.62. The maximum absolute atomic E-state index is 2.44. The molecule has 2 aliphatic carbocycles. The topological polar surface area (TPSA) is 0 Å². The van der Waals surface area contributed by atoms with Gasteiger partial charge in [-0.25, -0.2) is 0 Å². The van der Waals surface area contributed by atoms with Crippen molar-refractivity contribution in [2.45, 2.75) is 64.2 Å². The Kier molecular flexibility index (Phi) is 4.40. The number of hydrogen-bond acceptors (Lipinski definition) is 0. The van der Waals surface area contributed by atoms with E-state index in [0.717, 1.165) is 25.7 Å². The van der Waals surface area contributed by atoms with Crippen LogP contribution in [0.5, 0.6) is 0 Å². The van der Waals surface area contributed by atoms with E-state index in [1.165, 1.54) is 65.7 Å². The van der Waals surface area contributed by atoms with Gasteiger partial charge in [0.25, 0.3) is 0 Å². The molecule has 0 N–H and O–H groups in total. The maximum Gasteiger partial charge on any atom is 0.0216 e. The third kappa shape index (κ3) is 2.27. The van der Waals surface area contributed by atoms with E-state index in [1.54, 1.807) is 11.1 Å². The van der Waals surface area contributed by atoms with Crippen LogP contribution < -0.4 is 0 Å². The fourth-order valence-electron chi connectivity index (χ4n) is 9.04. The summed E-state index contributed by atoms with van der Waals surface area (Å²) in [5, 5.41) is 8.77. The highest BCUT2D eigenvalue weighted by Gasteiger charge is 2.46. The largest absolute Gasteiger partial charge is 0.0642 e. The highest BCUT2D eigenvalue weighted by molar-refractivity contribution is 6.32. The summed E-state index contributed by atoms with van der Waals surface area (Å²) in [6.45, 7) is 9.58. The lowest BCUT2D eigenvalue weighted by Gasteiger charge is -2.33. The van der Waals surface area contributed by atoms with Crippen LogP contribution in [0.2, 0.25) is 0 Å². The summed E-state index contributed by atoms with van der Waals surface area (Å²) >= 11 is 0. The smallest absolute Gasteiger partial charge is 0.0216 e. The van der Waals surface area contributed by atoms with E-state index in [9.17, 15) is 0 Å². The molecule has 186 valence electrons. The van der Waals surface area contributed by atoms with Crippen molar-refractivity contribution in [3.8, 4) is 22.3 Å². The molecule has 6 aromatic rings. The Morgan fingerprint density at radius 1 is 0.421 bits per heavy atom. The first-order valence-corrected chi connectivity index (χ1v) is 14.6. The molecule has 0 nitrogen and oxygen atoms in total. The summed E-state index contributed by atoms with van der Waals surface area (Å²) < 4.78 is 0. The molecular formula is C38H34. The minimum atomic E-state index is 0.0502. The van der Waals surface area contributed by atoms with Crippen molar-refractivity contribution >= 4 is 32.3 Å². The Morgan fingerprint density at radius 2 is 0.789 bits per heavy atom. The third-order valence-electron chi connectivity index (χ3n) is 10.8. The molecule has 0 atom stereocenters. The molecule has 2 aliphatic rings. The molecular weight excluding hydrogens is 456 g/mol. The molecule has 0 aliphatic heterocycles. The van der Waals surface area contributed by atoms with Crippen molar-refractivity contribution in [2.24, 2.45) is 0 Å². The van der Waals surface area contributed by atoms with Gasteiger partial charge in [0.05, 0.1) is 0 Å².